The summed E-state index contributed by atoms with van der Waals surface area (Å²) < 4.78 is 47.6. The predicted octanol–water partition coefficient (Wildman–Crippen LogP) is 1.91. The van der Waals surface area contributed by atoms with Gasteiger partial charge in [-0.2, -0.15) is 18.2 Å². The summed E-state index contributed by atoms with van der Waals surface area (Å²) in [6.07, 6.45) is -4.34. The molecule has 0 radical (unpaired) electrons. The number of aliphatic imine (C=N–C) groups is 1. The number of nitrogens with zero attached hydrogens (tertiary/aromatic N) is 8. The van der Waals surface area contributed by atoms with Crippen LogP contribution in [0.5, 0.6) is 0 Å². The van der Waals surface area contributed by atoms with Crippen LogP contribution in [-0.4, -0.2) is 84.5 Å². The van der Waals surface area contributed by atoms with E-state index in [-0.39, 0.29) is 18.1 Å². The van der Waals surface area contributed by atoms with Crippen LogP contribution < -0.4 is 5.32 Å². The molecule has 0 aromatic carbocycles. The van der Waals surface area contributed by atoms with Gasteiger partial charge in [-0.25, -0.2) is 14.8 Å². The van der Waals surface area contributed by atoms with E-state index in [1.54, 1.807) is 13.0 Å². The predicted molar refractivity (Wildman–Crippen MR) is 123 cm³/mol. The maximum absolute atomic E-state index is 13.4. The number of aryl methyl sites for hydroxylation is 1. The zero-order valence-corrected chi connectivity index (χ0v) is 20.6. The Bertz CT molecular complexity index is 1470. The van der Waals surface area contributed by atoms with Crippen LogP contribution in [0, 0.1) is 6.92 Å². The largest absolute Gasteiger partial charge is 0.471 e. The van der Waals surface area contributed by atoms with Crippen molar-refractivity contribution in [1.82, 2.24) is 35.0 Å². The standard InChI is InChI=1S/C22H20F3N9O5/c1-10-7-12(30-38-10)8-33-19(36)15-17(32(3)21(33)37)26-9-34(15)11(2)18(35)28-14-6-4-5-13(27-14)16-29-20(39-31-16)22(23,24)25/h4-7,9,11,15,17H,8H2,1-3H3,(H,27,28,35)/t11-,15?,17?/m0/s1. The second-order valence-electron chi connectivity index (χ2n) is 8.81. The van der Waals surface area contributed by atoms with Crippen molar-refractivity contribution in [2.45, 2.75) is 44.8 Å². The molecule has 1 N–H and O–H groups in total. The molecule has 2 aliphatic heterocycles. The van der Waals surface area contributed by atoms with Crippen LogP contribution in [0.4, 0.5) is 23.8 Å². The normalized spacial score (nSPS) is 20.0. The maximum atomic E-state index is 13.4. The van der Waals surface area contributed by atoms with Gasteiger partial charge in [0.2, 0.25) is 11.7 Å². The number of pyridine rings is 1. The number of carbonyl (C=O) groups is 3. The number of hydrogen-bond donors (Lipinski definition) is 1. The van der Waals surface area contributed by atoms with E-state index >= 15 is 0 Å². The van der Waals surface area contributed by atoms with E-state index in [1.165, 1.54) is 48.3 Å². The molecule has 3 aromatic rings. The summed E-state index contributed by atoms with van der Waals surface area (Å²) in [6.45, 7) is 3.08. The first kappa shape index (κ1) is 25.8. The molecule has 1 fully saturated rings. The number of amides is 4. The van der Waals surface area contributed by atoms with Crippen LogP contribution in [0.15, 0.2) is 38.3 Å². The van der Waals surface area contributed by atoms with E-state index in [1.807, 2.05) is 0 Å². The molecule has 5 rings (SSSR count). The lowest BCUT2D eigenvalue weighted by Gasteiger charge is -2.42. The van der Waals surface area contributed by atoms with Gasteiger partial charge in [0, 0.05) is 13.1 Å². The van der Waals surface area contributed by atoms with Crippen molar-refractivity contribution in [3.8, 4) is 11.5 Å². The molecule has 4 amide bonds. The second kappa shape index (κ2) is 9.48. The molecule has 17 heteroatoms. The lowest BCUT2D eigenvalue weighted by molar-refractivity contribution is -0.159. The number of anilines is 1. The van der Waals surface area contributed by atoms with E-state index in [9.17, 15) is 27.6 Å². The van der Waals surface area contributed by atoms with Crippen LogP contribution in [0.3, 0.4) is 0 Å². The summed E-state index contributed by atoms with van der Waals surface area (Å²) in [6, 6.07) is 3.28. The van der Waals surface area contributed by atoms with Gasteiger partial charge in [0.05, 0.1) is 12.9 Å². The number of rotatable bonds is 6. The number of nitrogens with one attached hydrogen (secondary N) is 1. The fourth-order valence-corrected chi connectivity index (χ4v) is 4.16. The van der Waals surface area contributed by atoms with Gasteiger partial charge in [-0.05, 0) is 26.0 Å². The van der Waals surface area contributed by atoms with Crippen LogP contribution >= 0.6 is 0 Å². The van der Waals surface area contributed by atoms with Crippen molar-refractivity contribution in [1.29, 1.82) is 0 Å². The fourth-order valence-electron chi connectivity index (χ4n) is 4.16. The minimum Gasteiger partial charge on any atom is -0.361 e. The first-order valence-electron chi connectivity index (χ1n) is 11.4. The molecular weight excluding hydrogens is 527 g/mol. The molecule has 0 spiro atoms. The van der Waals surface area contributed by atoms with Crippen LogP contribution in [0.25, 0.3) is 11.5 Å². The Kier molecular flexibility index (Phi) is 6.27. The zero-order valence-electron chi connectivity index (χ0n) is 20.6. The highest BCUT2D eigenvalue weighted by Gasteiger charge is 2.51. The highest BCUT2D eigenvalue weighted by molar-refractivity contribution is 6.03. The number of likely N-dealkylation sites (N-methyl/N-ethyl adjacent to an activating group) is 1. The van der Waals surface area contributed by atoms with Crippen molar-refractivity contribution in [2.24, 2.45) is 4.99 Å². The third-order valence-corrected chi connectivity index (χ3v) is 6.13. The molecule has 3 aromatic heterocycles. The molecule has 2 aliphatic rings. The molecule has 0 aliphatic carbocycles. The molecule has 14 nitrogen and oxygen atoms in total. The van der Waals surface area contributed by atoms with Gasteiger partial charge in [-0.1, -0.05) is 16.4 Å². The highest BCUT2D eigenvalue weighted by atomic mass is 19.4. The number of halogens is 3. The van der Waals surface area contributed by atoms with E-state index in [0.717, 1.165) is 4.90 Å². The maximum Gasteiger partial charge on any atom is 0.471 e. The van der Waals surface area contributed by atoms with Crippen molar-refractivity contribution in [3.63, 3.8) is 0 Å². The molecule has 0 bridgehead atoms. The van der Waals surface area contributed by atoms with Crippen molar-refractivity contribution >= 4 is 30.0 Å². The van der Waals surface area contributed by atoms with Gasteiger partial charge in [0.15, 0.2) is 12.2 Å². The first-order chi connectivity index (χ1) is 18.4. The molecule has 204 valence electrons. The van der Waals surface area contributed by atoms with E-state index in [4.69, 9.17) is 4.52 Å². The van der Waals surface area contributed by atoms with Gasteiger partial charge in [-0.15, -0.1) is 0 Å². The zero-order chi connectivity index (χ0) is 28.1. The van der Waals surface area contributed by atoms with Gasteiger partial charge in [0.1, 0.15) is 29.0 Å². The SMILES string of the molecule is Cc1cc(CN2C(=O)C3C(N=CN3[C@@H](C)C(=O)Nc3cccc(-c4noc(C(F)(F)F)n4)n3)N(C)C2=O)no1. The Balaban J connectivity index is 1.31. The lowest BCUT2D eigenvalue weighted by atomic mass is 10.1. The topological polar surface area (TPSA) is 163 Å². The van der Waals surface area contributed by atoms with Crippen LogP contribution in [0.1, 0.15) is 24.3 Å². The van der Waals surface area contributed by atoms with Crippen LogP contribution in [-0.2, 0) is 22.3 Å². The molecule has 3 atom stereocenters. The number of carbonyl (C=O) groups excluding carboxylic acids is 3. The third-order valence-electron chi connectivity index (χ3n) is 6.13. The monoisotopic (exact) mass is 547 g/mol. The summed E-state index contributed by atoms with van der Waals surface area (Å²) in [5, 5.41) is 9.68. The Labute approximate surface area is 217 Å². The molecule has 39 heavy (non-hydrogen) atoms. The minimum absolute atomic E-state index is 0.000638. The first-order valence-corrected chi connectivity index (χ1v) is 11.4. The van der Waals surface area contributed by atoms with E-state index < -0.39 is 54.0 Å². The van der Waals surface area contributed by atoms with Gasteiger partial charge >= 0.3 is 18.1 Å². The summed E-state index contributed by atoms with van der Waals surface area (Å²) in [4.78, 5) is 54.7. The summed E-state index contributed by atoms with van der Waals surface area (Å²) in [5.41, 5.74) is 0.316. The summed E-state index contributed by atoms with van der Waals surface area (Å²) >= 11 is 0. The number of aromatic nitrogens is 4. The number of imide groups is 1. The highest BCUT2D eigenvalue weighted by Crippen LogP contribution is 2.30. The molecular formula is C22H20F3N9O5. The number of fused-ring (bicyclic) bond motifs is 1. The van der Waals surface area contributed by atoms with Crippen molar-refractivity contribution < 1.29 is 36.6 Å². The van der Waals surface area contributed by atoms with Crippen molar-refractivity contribution in [3.05, 3.63) is 41.6 Å². The summed E-state index contributed by atoms with van der Waals surface area (Å²) in [7, 11) is 1.50. The molecule has 1 saturated heterocycles. The second-order valence-corrected chi connectivity index (χ2v) is 8.81. The Morgan fingerprint density at radius 3 is 2.62 bits per heavy atom. The minimum atomic E-state index is -4.82. The van der Waals surface area contributed by atoms with E-state index in [2.05, 4.69) is 35.1 Å². The smallest absolute Gasteiger partial charge is 0.361 e. The van der Waals surface area contributed by atoms with Gasteiger partial charge in [-0.3, -0.25) is 14.5 Å². The molecule has 5 heterocycles. The van der Waals surface area contributed by atoms with Gasteiger partial charge < -0.3 is 24.2 Å². The summed E-state index contributed by atoms with van der Waals surface area (Å²) in [5.74, 6) is -2.59. The quantitative estimate of drug-likeness (QED) is 0.482. The Morgan fingerprint density at radius 1 is 1.18 bits per heavy atom. The lowest BCUT2D eigenvalue weighted by Crippen LogP contribution is -2.66. The number of hydrogen-bond acceptors (Lipinski definition) is 11. The fraction of sp³-hybridized carbons (Fsp3) is 0.364. The third kappa shape index (κ3) is 4.77. The van der Waals surface area contributed by atoms with E-state index in [0.29, 0.717) is 11.5 Å². The Hall–Kier alpha value is -4.83. The average Bonchev–Trinajstić information content (AvgIpc) is 3.64. The average molecular weight is 547 g/mol. The van der Waals surface area contributed by atoms with Gasteiger partial charge in [0.25, 0.3) is 5.91 Å². The number of urea groups is 1. The molecule has 0 saturated carbocycles. The van der Waals surface area contributed by atoms with Crippen molar-refractivity contribution in [2.75, 3.05) is 12.4 Å². The molecule has 2 unspecified atom stereocenters. The Morgan fingerprint density at radius 2 is 1.95 bits per heavy atom. The number of alkyl halides is 3. The van der Waals surface area contributed by atoms with Crippen LogP contribution in [0.2, 0.25) is 0 Å².